The van der Waals surface area contributed by atoms with Gasteiger partial charge in [-0.2, -0.15) is 0 Å². The van der Waals surface area contributed by atoms with Gasteiger partial charge in [0.2, 0.25) is 0 Å². The molecule has 0 aliphatic heterocycles. The third kappa shape index (κ3) is 4.61. The number of para-hydroxylation sites is 1. The molecule has 0 N–H and O–H groups in total. The van der Waals surface area contributed by atoms with Crippen molar-refractivity contribution in [3.63, 3.8) is 0 Å². The monoisotopic (exact) mass is 595 g/mol. The molecule has 4 aromatic carbocycles. The third-order valence-electron chi connectivity index (χ3n) is 7.30. The molecule has 0 fully saturated rings. The Morgan fingerprint density at radius 1 is 0.838 bits per heavy atom. The average Bonchev–Trinajstić information content (AvgIpc) is 3.63. The molecule has 37 heavy (non-hydrogen) atoms. The Labute approximate surface area is 242 Å². The van der Waals surface area contributed by atoms with E-state index in [1.54, 1.807) is 3.28 Å². The van der Waals surface area contributed by atoms with E-state index in [0.29, 0.717) is 3.63 Å². The second-order valence-corrected chi connectivity index (χ2v) is 13.3. The first-order valence-electron chi connectivity index (χ1n) is 12.3. The third-order valence-corrected chi connectivity index (χ3v) is 11.4. The minimum absolute atomic E-state index is 0. The maximum atomic E-state index is 2.49. The molecule has 0 amide bonds. The van der Waals surface area contributed by atoms with Crippen LogP contribution in [-0.2, 0) is 23.2 Å². The largest absolute Gasteiger partial charge is 1.00 e. The molecular formula is C33H25Cl2NZr. The number of aromatic nitrogens is 1. The van der Waals surface area contributed by atoms with E-state index < -0.39 is 23.2 Å². The molecular weight excluding hydrogens is 573 g/mol. The fourth-order valence-electron chi connectivity index (χ4n) is 5.65. The van der Waals surface area contributed by atoms with Gasteiger partial charge in [-0.05, 0) is 0 Å². The van der Waals surface area contributed by atoms with E-state index in [1.165, 1.54) is 55.2 Å². The Kier molecular flexibility index (Phi) is 7.46. The Balaban J connectivity index is 0.00000140. The zero-order valence-corrected chi connectivity index (χ0v) is 24.4. The van der Waals surface area contributed by atoms with Crippen molar-refractivity contribution in [3.8, 4) is 5.69 Å². The summed E-state index contributed by atoms with van der Waals surface area (Å²) in [5.74, 6) is 0. The summed E-state index contributed by atoms with van der Waals surface area (Å²) >= 11 is -0.870. The van der Waals surface area contributed by atoms with Crippen molar-refractivity contribution in [2.75, 3.05) is 0 Å². The predicted molar refractivity (Wildman–Crippen MR) is 144 cm³/mol. The van der Waals surface area contributed by atoms with Gasteiger partial charge in [0.25, 0.3) is 0 Å². The SMILES string of the molecule is Cc1cc(C2=Cc3ccc(-n4ccc5ccccc54)cc3[CH]2[Zr+2][C]2=CC=CC2)c2ccccc2c1.[Cl-].[Cl-]. The van der Waals surface area contributed by atoms with Crippen LogP contribution in [0.2, 0.25) is 0 Å². The second kappa shape index (κ2) is 10.6. The molecule has 1 atom stereocenters. The number of fused-ring (bicyclic) bond motifs is 3. The Hall–Kier alpha value is -2.64. The van der Waals surface area contributed by atoms with Gasteiger partial charge in [0.05, 0.1) is 0 Å². The van der Waals surface area contributed by atoms with Gasteiger partial charge in [-0.3, -0.25) is 0 Å². The predicted octanol–water partition coefficient (Wildman–Crippen LogP) is 2.62. The smallest absolute Gasteiger partial charge is 1.00 e. The van der Waals surface area contributed by atoms with Crippen LogP contribution in [-0.4, -0.2) is 4.57 Å². The van der Waals surface area contributed by atoms with E-state index in [9.17, 15) is 0 Å². The van der Waals surface area contributed by atoms with Gasteiger partial charge in [0.1, 0.15) is 0 Å². The van der Waals surface area contributed by atoms with E-state index >= 15 is 0 Å². The van der Waals surface area contributed by atoms with Crippen LogP contribution in [0.1, 0.15) is 32.3 Å². The first-order valence-corrected chi connectivity index (χ1v) is 14.9. The van der Waals surface area contributed by atoms with Crippen LogP contribution in [0, 0.1) is 6.92 Å². The van der Waals surface area contributed by atoms with Crippen molar-refractivity contribution in [1.29, 1.82) is 0 Å². The maximum Gasteiger partial charge on any atom is -1.00 e. The molecule has 5 aromatic rings. The molecule has 0 radical (unpaired) electrons. The molecule has 1 aromatic heterocycles. The second-order valence-electron chi connectivity index (χ2n) is 9.59. The van der Waals surface area contributed by atoms with E-state index in [1.807, 2.05) is 0 Å². The molecule has 4 heteroatoms. The Morgan fingerprint density at radius 3 is 2.49 bits per heavy atom. The molecule has 0 bridgehead atoms. The van der Waals surface area contributed by atoms with Crippen LogP contribution in [0.15, 0.2) is 113 Å². The van der Waals surface area contributed by atoms with Crippen LogP contribution in [0.3, 0.4) is 0 Å². The summed E-state index contributed by atoms with van der Waals surface area (Å²) in [5, 5.41) is 4.00. The number of halogens is 2. The number of rotatable bonds is 4. The van der Waals surface area contributed by atoms with Crippen LogP contribution in [0.25, 0.3) is 39.0 Å². The summed E-state index contributed by atoms with van der Waals surface area (Å²) in [6.07, 6.45) is 12.8. The van der Waals surface area contributed by atoms with Crippen LogP contribution >= 0.6 is 0 Å². The van der Waals surface area contributed by atoms with E-state index in [2.05, 4.69) is 127 Å². The number of nitrogens with zero attached hydrogens (tertiary/aromatic N) is 1. The van der Waals surface area contributed by atoms with Gasteiger partial charge < -0.3 is 24.8 Å². The molecule has 2 aliphatic rings. The van der Waals surface area contributed by atoms with Crippen LogP contribution in [0.5, 0.6) is 0 Å². The molecule has 0 saturated carbocycles. The van der Waals surface area contributed by atoms with Crippen molar-refractivity contribution in [2.24, 2.45) is 0 Å². The fourth-order valence-corrected chi connectivity index (χ4v) is 9.58. The fraction of sp³-hybridized carbons (Fsp3) is 0.0909. The summed E-state index contributed by atoms with van der Waals surface area (Å²) in [4.78, 5) is 0. The van der Waals surface area contributed by atoms with Crippen molar-refractivity contribution < 1.29 is 48.0 Å². The standard InChI is InChI=1S/C28H20N.C5H5.2ClH.Zr/c1-19-14-22-7-2-4-8-26(22)27(15-19)24-16-21-10-11-25(18-23(21)17-24)29-13-12-20-6-3-5-9-28(20)29;1-2-4-5-3-1;;;/h2-18H,1H3;1-3H,4H2;2*1H;/q;;;;+2/p-2. The number of aryl methyl sites for hydroxylation is 1. The molecule has 7 rings (SSSR count). The Bertz CT molecular complexity index is 1720. The number of benzene rings is 4. The van der Waals surface area contributed by atoms with Gasteiger partial charge >= 0.3 is 219 Å². The summed E-state index contributed by atoms with van der Waals surface area (Å²) in [7, 11) is 0. The van der Waals surface area contributed by atoms with Crippen molar-refractivity contribution in [1.82, 2.24) is 4.57 Å². The molecule has 0 saturated heterocycles. The summed E-state index contributed by atoms with van der Waals surface area (Å²) in [6, 6.07) is 31.6. The average molecular weight is 598 g/mol. The maximum absolute atomic E-state index is 2.49. The zero-order valence-electron chi connectivity index (χ0n) is 20.5. The summed E-state index contributed by atoms with van der Waals surface area (Å²) in [5.41, 5.74) is 9.71. The minimum atomic E-state index is -0.870. The topological polar surface area (TPSA) is 4.93 Å². The van der Waals surface area contributed by atoms with Gasteiger partial charge in [0.15, 0.2) is 0 Å². The molecule has 0 spiro atoms. The van der Waals surface area contributed by atoms with Crippen molar-refractivity contribution >= 4 is 33.3 Å². The van der Waals surface area contributed by atoms with Gasteiger partial charge in [0, 0.05) is 0 Å². The zero-order chi connectivity index (χ0) is 23.4. The molecule has 180 valence electrons. The first kappa shape index (κ1) is 26.0. The minimum Gasteiger partial charge on any atom is -1.00 e. The van der Waals surface area contributed by atoms with Crippen molar-refractivity contribution in [3.05, 3.63) is 135 Å². The Morgan fingerprint density at radius 2 is 1.65 bits per heavy atom. The normalized spacial score (nSPS) is 15.5. The first-order chi connectivity index (χ1) is 17.2. The summed E-state index contributed by atoms with van der Waals surface area (Å²) in [6.45, 7) is 2.23. The van der Waals surface area contributed by atoms with Crippen LogP contribution < -0.4 is 24.8 Å². The van der Waals surface area contributed by atoms with E-state index in [-0.39, 0.29) is 24.8 Å². The van der Waals surface area contributed by atoms with Gasteiger partial charge in [-0.25, -0.2) is 0 Å². The van der Waals surface area contributed by atoms with Gasteiger partial charge in [-0.1, -0.05) is 0 Å². The molecule has 2 aliphatic carbocycles. The van der Waals surface area contributed by atoms with Crippen molar-refractivity contribution in [2.45, 2.75) is 17.0 Å². The quantitative estimate of drug-likeness (QED) is 0.301. The van der Waals surface area contributed by atoms with Crippen LogP contribution in [0.4, 0.5) is 0 Å². The van der Waals surface area contributed by atoms with Gasteiger partial charge in [-0.15, -0.1) is 0 Å². The van der Waals surface area contributed by atoms with E-state index in [0.717, 1.165) is 6.42 Å². The van der Waals surface area contributed by atoms with E-state index in [4.69, 9.17) is 0 Å². The number of hydrogen-bond donors (Lipinski definition) is 0. The number of allylic oxidation sites excluding steroid dienone is 5. The molecule has 1 nitrogen and oxygen atoms in total. The molecule has 1 unspecified atom stereocenters. The summed E-state index contributed by atoms with van der Waals surface area (Å²) < 4.78 is 4.55. The number of hydrogen-bond acceptors (Lipinski definition) is 0. The molecule has 1 heterocycles.